The molecule has 0 aliphatic carbocycles. The Labute approximate surface area is 485 Å². The molecule has 0 unspecified atom stereocenters. The first-order chi connectivity index (χ1) is 38.8. The molecule has 0 N–H and O–H groups in total. The van der Waals surface area contributed by atoms with Gasteiger partial charge in [-0.3, -0.25) is 0 Å². The molecule has 78 heavy (non-hydrogen) atoms. The second kappa shape index (κ2) is 52.5. The van der Waals surface area contributed by atoms with Gasteiger partial charge in [-0.05, 0) is 37.8 Å². The first-order valence-electron chi connectivity index (χ1n) is 35.3. The van der Waals surface area contributed by atoms with Gasteiger partial charge < -0.3 is 18.9 Å². The lowest BCUT2D eigenvalue weighted by molar-refractivity contribution is 0.293. The van der Waals surface area contributed by atoms with Crippen LogP contribution < -0.4 is 18.9 Å². The van der Waals surface area contributed by atoms with Gasteiger partial charge in [0.1, 0.15) is 23.0 Å². The summed E-state index contributed by atoms with van der Waals surface area (Å²) >= 11 is 0. The van der Waals surface area contributed by atoms with Crippen LogP contribution in [0.2, 0.25) is 0 Å². The zero-order chi connectivity index (χ0) is 55.3. The molecule has 4 nitrogen and oxygen atoms in total. The Hall–Kier alpha value is -2.62. The van der Waals surface area contributed by atoms with Crippen molar-refractivity contribution in [2.45, 2.75) is 362 Å². The largest absolute Gasteiger partial charge is 0.493 e. The molecule has 3 aromatic carbocycles. The normalized spacial score (nSPS) is 11.6. The van der Waals surface area contributed by atoms with Gasteiger partial charge >= 0.3 is 0 Å². The number of ether oxygens (including phenoxy) is 4. The van der Waals surface area contributed by atoms with Crippen LogP contribution in [0.25, 0.3) is 21.5 Å². The van der Waals surface area contributed by atoms with E-state index in [1.165, 1.54) is 308 Å². The fourth-order valence-corrected chi connectivity index (χ4v) is 11.9. The van der Waals surface area contributed by atoms with Crippen LogP contribution in [0.1, 0.15) is 362 Å². The molecule has 0 atom stereocenters. The molecule has 0 saturated heterocycles. The van der Waals surface area contributed by atoms with Crippen LogP contribution >= 0.6 is 0 Å². The molecular weight excluding hydrogens is 953 g/mol. The first-order valence-corrected chi connectivity index (χ1v) is 35.3. The zero-order valence-electron chi connectivity index (χ0n) is 52.7. The first kappa shape index (κ1) is 69.6. The highest BCUT2D eigenvalue weighted by Crippen LogP contribution is 2.49. The lowest BCUT2D eigenvalue weighted by Crippen LogP contribution is -2.06. The summed E-state index contributed by atoms with van der Waals surface area (Å²) < 4.78 is 27.8. The van der Waals surface area contributed by atoms with Crippen LogP contribution in [0.3, 0.4) is 0 Å². The molecule has 4 heteroatoms. The van der Waals surface area contributed by atoms with Crippen LogP contribution in [0.15, 0.2) is 36.4 Å². The quantitative estimate of drug-likeness (QED) is 0.0417. The highest BCUT2D eigenvalue weighted by molar-refractivity contribution is 6.15. The molecule has 0 fully saturated rings. The summed E-state index contributed by atoms with van der Waals surface area (Å²) in [7, 11) is 0. The maximum Gasteiger partial charge on any atom is 0.139 e. The number of hydrogen-bond donors (Lipinski definition) is 0. The van der Waals surface area contributed by atoms with E-state index in [2.05, 4.69) is 64.1 Å². The maximum atomic E-state index is 7.07. The number of fused-ring (bicyclic) bond motifs is 2. The van der Waals surface area contributed by atoms with Crippen LogP contribution in [-0.4, -0.2) is 26.4 Å². The number of rotatable bonds is 60. The topological polar surface area (TPSA) is 36.9 Å². The third kappa shape index (κ3) is 34.6. The number of hydrogen-bond acceptors (Lipinski definition) is 4. The maximum absolute atomic E-state index is 7.07. The van der Waals surface area contributed by atoms with Gasteiger partial charge in [0.25, 0.3) is 0 Å². The Kier molecular flexibility index (Phi) is 46.8. The van der Waals surface area contributed by atoms with Crippen molar-refractivity contribution in [3.63, 3.8) is 0 Å². The van der Waals surface area contributed by atoms with Crippen molar-refractivity contribution >= 4 is 21.5 Å². The van der Waals surface area contributed by atoms with E-state index in [-0.39, 0.29) is 0 Å². The zero-order valence-corrected chi connectivity index (χ0v) is 52.7. The standard InChI is InChI=1S/C74H130O4/c1-5-9-13-17-21-25-29-33-37-41-45-49-53-63-75-69-61-57-59-67-71(69)73(77-65-55-51-47-43-39-35-31-27-23-19-15-11-7-3)68-60-58-62-70(76-64-54-50-46-42-38-34-30-26-22-18-14-10-6-2)72(68)74(67)78-66-56-52-48-44-40-36-32-28-24-20-16-12-8-4/h57-62H,5-56,63-66H2,1-4H3. The Morgan fingerprint density at radius 1 is 0.205 bits per heavy atom. The van der Waals surface area contributed by atoms with Crippen LogP contribution in [0, 0.1) is 0 Å². The Morgan fingerprint density at radius 2 is 0.385 bits per heavy atom. The van der Waals surface area contributed by atoms with Crippen molar-refractivity contribution in [2.75, 3.05) is 26.4 Å². The molecule has 0 spiro atoms. The molecule has 0 radical (unpaired) electrons. The van der Waals surface area contributed by atoms with Gasteiger partial charge in [0, 0.05) is 10.8 Å². The smallest absolute Gasteiger partial charge is 0.139 e. The monoisotopic (exact) mass is 1080 g/mol. The van der Waals surface area contributed by atoms with Gasteiger partial charge in [-0.15, -0.1) is 0 Å². The van der Waals surface area contributed by atoms with Gasteiger partial charge in [-0.1, -0.05) is 360 Å². The van der Waals surface area contributed by atoms with E-state index in [0.29, 0.717) is 13.2 Å². The van der Waals surface area contributed by atoms with Crippen molar-refractivity contribution < 1.29 is 18.9 Å². The summed E-state index contributed by atoms with van der Waals surface area (Å²) in [6.07, 6.45) is 70.1. The van der Waals surface area contributed by atoms with Crippen molar-refractivity contribution in [1.82, 2.24) is 0 Å². The molecule has 0 bridgehead atoms. The van der Waals surface area contributed by atoms with E-state index in [0.717, 1.165) is 83.4 Å². The molecule has 0 heterocycles. The summed E-state index contributed by atoms with van der Waals surface area (Å²) in [4.78, 5) is 0. The lowest BCUT2D eigenvalue weighted by atomic mass is 9.98. The summed E-state index contributed by atoms with van der Waals surface area (Å²) in [6, 6.07) is 13.2. The SMILES string of the molecule is CCCCCCCCCCCCCCCOc1cccc2c(OCCCCCCCCCCCCCCC)c3c(OCCCCCCCCCCCCCCC)cccc3c(OCCCCCCCCCCCCCCC)c12. The van der Waals surface area contributed by atoms with Crippen molar-refractivity contribution in [3.05, 3.63) is 36.4 Å². The van der Waals surface area contributed by atoms with Crippen LogP contribution in [-0.2, 0) is 0 Å². The van der Waals surface area contributed by atoms with E-state index < -0.39 is 0 Å². The molecule has 3 rings (SSSR count). The van der Waals surface area contributed by atoms with E-state index >= 15 is 0 Å². The van der Waals surface area contributed by atoms with Crippen LogP contribution in [0.4, 0.5) is 0 Å². The molecule has 0 amide bonds. The minimum Gasteiger partial charge on any atom is -0.493 e. The van der Waals surface area contributed by atoms with Gasteiger partial charge in [0.2, 0.25) is 0 Å². The van der Waals surface area contributed by atoms with Gasteiger partial charge in [0.05, 0.1) is 37.2 Å². The van der Waals surface area contributed by atoms with E-state index in [1.807, 2.05) is 0 Å². The minimum atomic E-state index is 0.707. The Balaban J connectivity index is 1.71. The Morgan fingerprint density at radius 3 is 0.590 bits per heavy atom. The summed E-state index contributed by atoms with van der Waals surface area (Å²) in [5.41, 5.74) is 0. The average molecular weight is 1080 g/mol. The van der Waals surface area contributed by atoms with Crippen molar-refractivity contribution in [3.8, 4) is 23.0 Å². The molecule has 0 aliphatic rings. The molecule has 3 aromatic rings. The van der Waals surface area contributed by atoms with Crippen molar-refractivity contribution in [1.29, 1.82) is 0 Å². The fourth-order valence-electron chi connectivity index (χ4n) is 11.9. The summed E-state index contributed by atoms with van der Waals surface area (Å²) in [6.45, 7) is 12.1. The van der Waals surface area contributed by atoms with Gasteiger partial charge in [0.15, 0.2) is 0 Å². The van der Waals surface area contributed by atoms with Crippen molar-refractivity contribution in [2.24, 2.45) is 0 Å². The minimum absolute atomic E-state index is 0.707. The van der Waals surface area contributed by atoms with E-state index in [1.54, 1.807) is 0 Å². The highest BCUT2D eigenvalue weighted by atomic mass is 16.5. The highest BCUT2D eigenvalue weighted by Gasteiger charge is 2.23. The summed E-state index contributed by atoms with van der Waals surface area (Å²) in [5.74, 6) is 3.75. The van der Waals surface area contributed by atoms with Crippen LogP contribution in [0.5, 0.6) is 23.0 Å². The summed E-state index contributed by atoms with van der Waals surface area (Å²) in [5, 5.41) is 4.33. The molecule has 0 aliphatic heterocycles. The number of unbranched alkanes of at least 4 members (excludes halogenated alkanes) is 48. The molecule has 0 aromatic heterocycles. The molecule has 450 valence electrons. The van der Waals surface area contributed by atoms with Gasteiger partial charge in [-0.25, -0.2) is 0 Å². The third-order valence-corrected chi connectivity index (χ3v) is 17.0. The van der Waals surface area contributed by atoms with E-state index in [9.17, 15) is 0 Å². The van der Waals surface area contributed by atoms with E-state index in [4.69, 9.17) is 18.9 Å². The Bertz CT molecular complexity index is 1620. The second-order valence-electron chi connectivity index (χ2n) is 24.4. The fraction of sp³-hybridized carbons (Fsp3) is 0.811. The van der Waals surface area contributed by atoms with Gasteiger partial charge in [-0.2, -0.15) is 0 Å². The average Bonchev–Trinajstić information content (AvgIpc) is 3.50. The molecular formula is C74H130O4. The lowest BCUT2D eigenvalue weighted by Gasteiger charge is -2.22. The molecule has 0 saturated carbocycles. The second-order valence-corrected chi connectivity index (χ2v) is 24.4. The number of benzene rings is 3. The third-order valence-electron chi connectivity index (χ3n) is 17.0. The predicted octanol–water partition coefficient (Wildman–Crippen LogP) is 25.9. The predicted molar refractivity (Wildman–Crippen MR) is 346 cm³/mol.